The first-order valence-electron chi connectivity index (χ1n) is 5.81. The minimum Gasteiger partial charge on any atom is -0.466 e. The van der Waals surface area contributed by atoms with Crippen LogP contribution in [0.1, 0.15) is 12.6 Å². The van der Waals surface area contributed by atoms with Crippen LogP contribution in [-0.2, 0) is 25.5 Å². The fraction of sp³-hybridized carbons (Fsp3) is 0.545. The molecule has 1 aromatic rings. The number of carbonyl (C=O) groups is 2. The largest absolute Gasteiger partial charge is 0.466 e. The Hall–Kier alpha value is -1.67. The standard InChI is InChI=1S/C11H17N3O4S/c1-2-18-10(16)5-8-7-19-11(14-8)13-3-4-17-6-9(12)15/h7H,2-6H2,1H3,(H2,12,15)(H,13,14). The van der Waals surface area contributed by atoms with Crippen molar-refractivity contribution in [3.63, 3.8) is 0 Å². The summed E-state index contributed by atoms with van der Waals surface area (Å²) in [5, 5.41) is 5.51. The Balaban J connectivity index is 2.23. The average Bonchev–Trinajstić information content (AvgIpc) is 2.76. The van der Waals surface area contributed by atoms with Gasteiger partial charge in [-0.3, -0.25) is 9.59 Å². The summed E-state index contributed by atoms with van der Waals surface area (Å²) in [6, 6.07) is 0. The van der Waals surface area contributed by atoms with Crippen LogP contribution in [0.25, 0.3) is 0 Å². The third-order valence-corrected chi connectivity index (χ3v) is 2.80. The van der Waals surface area contributed by atoms with Crippen LogP contribution in [0.2, 0.25) is 0 Å². The number of nitrogens with one attached hydrogen (secondary N) is 1. The molecule has 0 aliphatic rings. The van der Waals surface area contributed by atoms with Gasteiger partial charge in [0.05, 0.1) is 25.3 Å². The highest BCUT2D eigenvalue weighted by Gasteiger charge is 2.08. The van der Waals surface area contributed by atoms with Crippen molar-refractivity contribution in [2.45, 2.75) is 13.3 Å². The summed E-state index contributed by atoms with van der Waals surface area (Å²) in [7, 11) is 0. The maximum atomic E-state index is 11.2. The Morgan fingerprint density at radius 1 is 1.53 bits per heavy atom. The number of nitrogens with zero attached hydrogens (tertiary/aromatic N) is 1. The van der Waals surface area contributed by atoms with E-state index in [-0.39, 0.29) is 19.0 Å². The van der Waals surface area contributed by atoms with Crippen LogP contribution in [0.3, 0.4) is 0 Å². The molecule has 0 radical (unpaired) electrons. The fourth-order valence-corrected chi connectivity index (χ4v) is 1.97. The van der Waals surface area contributed by atoms with Crippen LogP contribution in [0.5, 0.6) is 0 Å². The van der Waals surface area contributed by atoms with Crippen LogP contribution >= 0.6 is 11.3 Å². The van der Waals surface area contributed by atoms with Gasteiger partial charge in [0.15, 0.2) is 5.13 Å². The molecule has 0 bridgehead atoms. The number of aromatic nitrogens is 1. The maximum absolute atomic E-state index is 11.2. The number of rotatable bonds is 9. The molecule has 0 spiro atoms. The predicted molar refractivity (Wildman–Crippen MR) is 71.0 cm³/mol. The van der Waals surface area contributed by atoms with Crippen molar-refractivity contribution < 1.29 is 19.1 Å². The van der Waals surface area contributed by atoms with Gasteiger partial charge in [0.25, 0.3) is 0 Å². The number of thiazole rings is 1. The molecule has 0 aromatic carbocycles. The zero-order chi connectivity index (χ0) is 14.1. The molecule has 0 fully saturated rings. The van der Waals surface area contributed by atoms with Gasteiger partial charge < -0.3 is 20.5 Å². The topological polar surface area (TPSA) is 104 Å². The molecular weight excluding hydrogens is 270 g/mol. The first kappa shape index (κ1) is 15.4. The van der Waals surface area contributed by atoms with E-state index in [0.717, 1.165) is 0 Å². The van der Waals surface area contributed by atoms with Gasteiger partial charge in [0.2, 0.25) is 5.91 Å². The van der Waals surface area contributed by atoms with Gasteiger partial charge in [-0.25, -0.2) is 4.98 Å². The number of hydrogen-bond acceptors (Lipinski definition) is 7. The molecule has 19 heavy (non-hydrogen) atoms. The number of amides is 1. The third-order valence-electron chi connectivity index (χ3n) is 1.95. The van der Waals surface area contributed by atoms with E-state index in [1.165, 1.54) is 11.3 Å². The number of esters is 1. The zero-order valence-electron chi connectivity index (χ0n) is 10.7. The molecule has 0 aliphatic carbocycles. The van der Waals surface area contributed by atoms with Gasteiger partial charge >= 0.3 is 5.97 Å². The van der Waals surface area contributed by atoms with E-state index in [1.54, 1.807) is 12.3 Å². The highest BCUT2D eigenvalue weighted by molar-refractivity contribution is 7.13. The van der Waals surface area contributed by atoms with Crippen molar-refractivity contribution in [2.24, 2.45) is 5.73 Å². The first-order chi connectivity index (χ1) is 9.11. The molecule has 7 nitrogen and oxygen atoms in total. The van der Waals surface area contributed by atoms with Crippen molar-refractivity contribution >= 4 is 28.3 Å². The number of anilines is 1. The highest BCUT2D eigenvalue weighted by Crippen LogP contribution is 2.15. The Labute approximate surface area is 115 Å². The lowest BCUT2D eigenvalue weighted by atomic mass is 10.3. The van der Waals surface area contributed by atoms with Crippen LogP contribution < -0.4 is 11.1 Å². The molecule has 1 rings (SSSR count). The van der Waals surface area contributed by atoms with Gasteiger partial charge in [-0.1, -0.05) is 0 Å². The van der Waals surface area contributed by atoms with E-state index in [0.29, 0.717) is 30.6 Å². The molecule has 0 aliphatic heterocycles. The molecule has 0 saturated heterocycles. The summed E-state index contributed by atoms with van der Waals surface area (Å²) in [6.45, 7) is 2.91. The second kappa shape index (κ2) is 8.44. The molecule has 106 valence electrons. The maximum Gasteiger partial charge on any atom is 0.311 e. The number of ether oxygens (including phenoxy) is 2. The van der Waals surface area contributed by atoms with Gasteiger partial charge in [-0.15, -0.1) is 11.3 Å². The number of hydrogen-bond donors (Lipinski definition) is 2. The van der Waals surface area contributed by atoms with Crippen LogP contribution in [0.15, 0.2) is 5.38 Å². The third kappa shape index (κ3) is 6.73. The minimum atomic E-state index is -0.494. The minimum absolute atomic E-state index is 0.0896. The molecule has 3 N–H and O–H groups in total. The SMILES string of the molecule is CCOC(=O)Cc1csc(NCCOCC(N)=O)n1. The zero-order valence-corrected chi connectivity index (χ0v) is 11.5. The van der Waals surface area contributed by atoms with E-state index in [4.69, 9.17) is 15.2 Å². The lowest BCUT2D eigenvalue weighted by Crippen LogP contribution is -2.20. The summed E-state index contributed by atoms with van der Waals surface area (Å²) >= 11 is 1.40. The van der Waals surface area contributed by atoms with Gasteiger partial charge in [0, 0.05) is 11.9 Å². The Morgan fingerprint density at radius 3 is 3.00 bits per heavy atom. The van der Waals surface area contributed by atoms with Crippen molar-refractivity contribution in [3.05, 3.63) is 11.1 Å². The lowest BCUT2D eigenvalue weighted by molar-refractivity contribution is -0.142. The number of carbonyl (C=O) groups excluding carboxylic acids is 2. The van der Waals surface area contributed by atoms with Crippen LogP contribution in [-0.4, -0.2) is 43.2 Å². The molecule has 0 atom stereocenters. The Bertz CT molecular complexity index is 422. The number of nitrogens with two attached hydrogens (primary N) is 1. The van der Waals surface area contributed by atoms with E-state index >= 15 is 0 Å². The normalized spacial score (nSPS) is 10.2. The quantitative estimate of drug-likeness (QED) is 0.495. The lowest BCUT2D eigenvalue weighted by Gasteiger charge is -2.02. The van der Waals surface area contributed by atoms with Gasteiger partial charge in [-0.05, 0) is 6.92 Å². The summed E-state index contributed by atoms with van der Waals surface area (Å²) in [5.74, 6) is -0.782. The average molecular weight is 287 g/mol. The molecule has 1 heterocycles. The fourth-order valence-electron chi connectivity index (χ4n) is 1.23. The summed E-state index contributed by atoms with van der Waals surface area (Å²) in [5.41, 5.74) is 5.59. The van der Waals surface area contributed by atoms with Crippen LogP contribution in [0, 0.1) is 0 Å². The Morgan fingerprint density at radius 2 is 2.32 bits per heavy atom. The van der Waals surface area contributed by atoms with Gasteiger partial charge in [-0.2, -0.15) is 0 Å². The molecule has 1 amide bonds. The first-order valence-corrected chi connectivity index (χ1v) is 6.69. The molecule has 1 aromatic heterocycles. The van der Waals surface area contributed by atoms with Crippen LogP contribution in [0.4, 0.5) is 5.13 Å². The predicted octanol–water partition coefficient (Wildman–Crippen LogP) is 0.163. The van der Waals surface area contributed by atoms with Crippen molar-refractivity contribution in [1.82, 2.24) is 4.98 Å². The van der Waals surface area contributed by atoms with Crippen molar-refractivity contribution in [1.29, 1.82) is 0 Å². The second-order valence-corrected chi connectivity index (χ2v) is 4.43. The summed E-state index contributed by atoms with van der Waals surface area (Å²) in [4.78, 5) is 25.9. The summed E-state index contributed by atoms with van der Waals surface area (Å²) < 4.78 is 9.82. The molecular formula is C11H17N3O4S. The van der Waals surface area contributed by atoms with Crippen molar-refractivity contribution in [3.8, 4) is 0 Å². The van der Waals surface area contributed by atoms with Gasteiger partial charge in [0.1, 0.15) is 6.61 Å². The molecule has 0 unspecified atom stereocenters. The van der Waals surface area contributed by atoms with E-state index in [1.807, 2.05) is 0 Å². The second-order valence-electron chi connectivity index (χ2n) is 3.57. The monoisotopic (exact) mass is 287 g/mol. The highest BCUT2D eigenvalue weighted by atomic mass is 32.1. The van der Waals surface area contributed by atoms with E-state index < -0.39 is 5.91 Å². The smallest absolute Gasteiger partial charge is 0.311 e. The summed E-state index contributed by atoms with van der Waals surface area (Å²) in [6.07, 6.45) is 0.171. The van der Waals surface area contributed by atoms with Crippen molar-refractivity contribution in [2.75, 3.05) is 31.7 Å². The Kier molecular flexibility index (Phi) is 6.83. The molecule has 8 heteroatoms. The number of primary amides is 1. The van der Waals surface area contributed by atoms with E-state index in [2.05, 4.69) is 10.3 Å². The van der Waals surface area contributed by atoms with E-state index in [9.17, 15) is 9.59 Å². The molecule has 0 saturated carbocycles.